The van der Waals surface area contributed by atoms with Crippen molar-refractivity contribution in [3.8, 4) is 0 Å². The van der Waals surface area contributed by atoms with Crippen molar-refractivity contribution in [3.63, 3.8) is 0 Å². The smallest absolute Gasteiger partial charge is 0.228 e. The molecule has 0 radical (unpaired) electrons. The molecule has 104 valence electrons. The molecule has 1 aromatic carbocycles. The number of carbonyl (C=O) groups is 1. The molecule has 1 amide bonds. The standard InChI is InChI=1S/C14H20BrN3O/c15-12-5-1-2-6-13(12)17-14(19)11-4-3-8-18(10-11)9-7-16/h1-2,5-6,11H,3-4,7-10,16H2,(H,17,19). The third-order valence-electron chi connectivity index (χ3n) is 3.45. The number of carbonyl (C=O) groups excluding carboxylic acids is 1. The van der Waals surface area contributed by atoms with Crippen molar-refractivity contribution >= 4 is 27.5 Å². The van der Waals surface area contributed by atoms with Crippen LogP contribution in [0.2, 0.25) is 0 Å². The largest absolute Gasteiger partial charge is 0.329 e. The van der Waals surface area contributed by atoms with E-state index in [1.807, 2.05) is 24.3 Å². The molecule has 0 bridgehead atoms. The summed E-state index contributed by atoms with van der Waals surface area (Å²) in [5, 5.41) is 3.00. The zero-order valence-electron chi connectivity index (χ0n) is 10.9. The van der Waals surface area contributed by atoms with E-state index in [-0.39, 0.29) is 11.8 Å². The molecule has 0 aromatic heterocycles. The van der Waals surface area contributed by atoms with Crippen LogP contribution in [-0.2, 0) is 4.79 Å². The number of piperidine rings is 1. The first-order chi connectivity index (χ1) is 9.20. The van der Waals surface area contributed by atoms with Crippen molar-refractivity contribution in [1.82, 2.24) is 4.90 Å². The lowest BCUT2D eigenvalue weighted by molar-refractivity contribution is -0.121. The maximum absolute atomic E-state index is 12.3. The molecule has 3 N–H and O–H groups in total. The second-order valence-electron chi connectivity index (χ2n) is 4.90. The van der Waals surface area contributed by atoms with Crippen LogP contribution in [-0.4, -0.2) is 37.0 Å². The number of nitrogens with one attached hydrogen (secondary N) is 1. The Balaban J connectivity index is 1.94. The summed E-state index contributed by atoms with van der Waals surface area (Å²) in [4.78, 5) is 14.6. The number of halogens is 1. The van der Waals surface area contributed by atoms with Crippen LogP contribution in [0.1, 0.15) is 12.8 Å². The lowest BCUT2D eigenvalue weighted by Gasteiger charge is -2.31. The summed E-state index contributed by atoms with van der Waals surface area (Å²) in [6.45, 7) is 3.39. The van der Waals surface area contributed by atoms with E-state index < -0.39 is 0 Å². The van der Waals surface area contributed by atoms with Gasteiger partial charge in [0.2, 0.25) is 5.91 Å². The molecular weight excluding hydrogens is 306 g/mol. The third kappa shape index (κ3) is 4.03. The van der Waals surface area contributed by atoms with Crippen LogP contribution in [0.4, 0.5) is 5.69 Å². The number of para-hydroxylation sites is 1. The van der Waals surface area contributed by atoms with Gasteiger partial charge < -0.3 is 16.0 Å². The Hall–Kier alpha value is -0.910. The molecule has 4 nitrogen and oxygen atoms in total. The van der Waals surface area contributed by atoms with Gasteiger partial charge in [-0.25, -0.2) is 0 Å². The van der Waals surface area contributed by atoms with E-state index in [0.29, 0.717) is 6.54 Å². The average Bonchev–Trinajstić information content (AvgIpc) is 2.42. The van der Waals surface area contributed by atoms with E-state index in [9.17, 15) is 4.79 Å². The van der Waals surface area contributed by atoms with Crippen molar-refractivity contribution in [2.24, 2.45) is 11.7 Å². The van der Waals surface area contributed by atoms with Gasteiger partial charge in [0, 0.05) is 24.1 Å². The van der Waals surface area contributed by atoms with Crippen molar-refractivity contribution in [2.45, 2.75) is 12.8 Å². The molecule has 1 atom stereocenters. The highest BCUT2D eigenvalue weighted by Gasteiger charge is 2.25. The van der Waals surface area contributed by atoms with Crippen LogP contribution < -0.4 is 11.1 Å². The van der Waals surface area contributed by atoms with E-state index >= 15 is 0 Å². The Kier molecular flexibility index (Phi) is 5.36. The summed E-state index contributed by atoms with van der Waals surface area (Å²) < 4.78 is 0.915. The summed E-state index contributed by atoms with van der Waals surface area (Å²) in [5.74, 6) is 0.168. The van der Waals surface area contributed by atoms with Gasteiger partial charge >= 0.3 is 0 Å². The fourth-order valence-electron chi connectivity index (χ4n) is 2.45. The molecule has 0 spiro atoms. The van der Waals surface area contributed by atoms with Crippen LogP contribution in [0.25, 0.3) is 0 Å². The SMILES string of the molecule is NCCN1CCCC(C(=O)Nc2ccccc2Br)C1. The van der Waals surface area contributed by atoms with Crippen LogP contribution in [0.15, 0.2) is 28.7 Å². The molecular formula is C14H20BrN3O. The average molecular weight is 326 g/mol. The molecule has 1 heterocycles. The van der Waals surface area contributed by atoms with E-state index in [2.05, 4.69) is 26.1 Å². The monoisotopic (exact) mass is 325 g/mol. The Morgan fingerprint density at radius 1 is 1.47 bits per heavy atom. The highest BCUT2D eigenvalue weighted by molar-refractivity contribution is 9.10. The van der Waals surface area contributed by atoms with Gasteiger partial charge in [-0.2, -0.15) is 0 Å². The lowest BCUT2D eigenvalue weighted by atomic mass is 9.97. The number of anilines is 1. The van der Waals surface area contributed by atoms with Gasteiger partial charge in [0.15, 0.2) is 0 Å². The Bertz CT molecular complexity index is 436. The molecule has 2 rings (SSSR count). The van der Waals surface area contributed by atoms with Crippen molar-refractivity contribution < 1.29 is 4.79 Å². The summed E-state index contributed by atoms with van der Waals surface area (Å²) in [6, 6.07) is 7.69. The molecule has 1 aromatic rings. The fraction of sp³-hybridized carbons (Fsp3) is 0.500. The highest BCUT2D eigenvalue weighted by atomic mass is 79.9. The minimum absolute atomic E-state index is 0.0624. The van der Waals surface area contributed by atoms with Gasteiger partial charge in [0.05, 0.1) is 11.6 Å². The minimum atomic E-state index is 0.0624. The number of nitrogens with zero attached hydrogens (tertiary/aromatic N) is 1. The van der Waals surface area contributed by atoms with Crippen molar-refractivity contribution in [2.75, 3.05) is 31.5 Å². The first-order valence-electron chi connectivity index (χ1n) is 6.68. The second-order valence-corrected chi connectivity index (χ2v) is 5.75. The first kappa shape index (κ1) is 14.5. The molecule has 1 aliphatic heterocycles. The van der Waals surface area contributed by atoms with Crippen LogP contribution in [0.3, 0.4) is 0 Å². The maximum atomic E-state index is 12.3. The van der Waals surface area contributed by atoms with Crippen molar-refractivity contribution in [3.05, 3.63) is 28.7 Å². The molecule has 5 heteroatoms. The van der Waals surface area contributed by atoms with Crippen LogP contribution >= 0.6 is 15.9 Å². The Labute approximate surface area is 122 Å². The number of hydrogen-bond acceptors (Lipinski definition) is 3. The lowest BCUT2D eigenvalue weighted by Crippen LogP contribution is -2.42. The van der Waals surface area contributed by atoms with Gasteiger partial charge in [-0.3, -0.25) is 4.79 Å². The molecule has 0 saturated carbocycles. The molecule has 1 saturated heterocycles. The maximum Gasteiger partial charge on any atom is 0.228 e. The number of rotatable bonds is 4. The zero-order chi connectivity index (χ0) is 13.7. The first-order valence-corrected chi connectivity index (χ1v) is 7.48. The van der Waals surface area contributed by atoms with Crippen LogP contribution in [0, 0.1) is 5.92 Å². The number of nitrogens with two attached hydrogens (primary N) is 1. The number of likely N-dealkylation sites (tertiary alicyclic amines) is 1. The predicted molar refractivity (Wildman–Crippen MR) is 81.0 cm³/mol. The molecule has 1 unspecified atom stereocenters. The third-order valence-corrected chi connectivity index (χ3v) is 4.14. The number of amides is 1. The molecule has 1 aliphatic rings. The normalized spacial score (nSPS) is 20.2. The Morgan fingerprint density at radius 3 is 3.00 bits per heavy atom. The predicted octanol–water partition coefficient (Wildman–Crippen LogP) is 2.06. The topological polar surface area (TPSA) is 58.4 Å². The second kappa shape index (κ2) is 7.03. The number of benzene rings is 1. The van der Waals surface area contributed by atoms with Gasteiger partial charge in [-0.15, -0.1) is 0 Å². The van der Waals surface area contributed by atoms with Gasteiger partial charge in [0.25, 0.3) is 0 Å². The summed E-state index contributed by atoms with van der Waals surface area (Å²) in [5.41, 5.74) is 6.41. The zero-order valence-corrected chi connectivity index (χ0v) is 12.5. The Morgan fingerprint density at radius 2 is 2.26 bits per heavy atom. The molecule has 0 aliphatic carbocycles. The quantitative estimate of drug-likeness (QED) is 0.890. The van der Waals surface area contributed by atoms with E-state index in [1.54, 1.807) is 0 Å². The van der Waals surface area contributed by atoms with E-state index in [0.717, 1.165) is 42.6 Å². The van der Waals surface area contributed by atoms with Gasteiger partial charge in [-0.05, 0) is 47.4 Å². The minimum Gasteiger partial charge on any atom is -0.329 e. The van der Waals surface area contributed by atoms with Gasteiger partial charge in [0.1, 0.15) is 0 Å². The summed E-state index contributed by atoms with van der Waals surface area (Å²) in [6.07, 6.45) is 2.02. The number of hydrogen-bond donors (Lipinski definition) is 2. The highest BCUT2D eigenvalue weighted by Crippen LogP contribution is 2.23. The van der Waals surface area contributed by atoms with E-state index in [1.165, 1.54) is 0 Å². The fourth-order valence-corrected chi connectivity index (χ4v) is 2.84. The molecule has 1 fully saturated rings. The molecule has 19 heavy (non-hydrogen) atoms. The summed E-state index contributed by atoms with van der Waals surface area (Å²) >= 11 is 3.44. The van der Waals surface area contributed by atoms with Crippen molar-refractivity contribution in [1.29, 1.82) is 0 Å². The van der Waals surface area contributed by atoms with Crippen LogP contribution in [0.5, 0.6) is 0 Å². The van der Waals surface area contributed by atoms with Gasteiger partial charge in [-0.1, -0.05) is 12.1 Å². The van der Waals surface area contributed by atoms with E-state index in [4.69, 9.17) is 5.73 Å². The summed E-state index contributed by atoms with van der Waals surface area (Å²) in [7, 11) is 0.